The molecule has 1 heterocycles. The van der Waals surface area contributed by atoms with Crippen molar-refractivity contribution in [2.75, 3.05) is 12.0 Å². The molecule has 3 N–H and O–H groups in total. The lowest BCUT2D eigenvalue weighted by Gasteiger charge is -2.32. The van der Waals surface area contributed by atoms with Gasteiger partial charge in [-0.15, -0.1) is 0 Å². The van der Waals surface area contributed by atoms with E-state index in [0.717, 1.165) is 12.8 Å². The van der Waals surface area contributed by atoms with Crippen LogP contribution in [0.2, 0.25) is 0 Å². The number of benzene rings is 1. The molecule has 1 aromatic carbocycles. The molecule has 0 radical (unpaired) electrons. The van der Waals surface area contributed by atoms with Crippen molar-refractivity contribution in [2.45, 2.75) is 32.2 Å². The number of para-hydroxylation sites is 1. The van der Waals surface area contributed by atoms with E-state index in [-0.39, 0.29) is 22.7 Å². The summed E-state index contributed by atoms with van der Waals surface area (Å²) in [5.74, 6) is 4.61. The highest BCUT2D eigenvalue weighted by Crippen LogP contribution is 2.31. The molecule has 1 aromatic rings. The molecule has 1 saturated heterocycles. The van der Waals surface area contributed by atoms with E-state index in [1.807, 2.05) is 13.8 Å². The Labute approximate surface area is 106 Å². The fourth-order valence-electron chi connectivity index (χ4n) is 2.48. The van der Waals surface area contributed by atoms with Gasteiger partial charge in [-0.1, -0.05) is 6.07 Å². The second-order valence-electron chi connectivity index (χ2n) is 5.18. The summed E-state index contributed by atoms with van der Waals surface area (Å²) in [6.45, 7) is 4.74. The molecular formula is C13H18FN3O. The van der Waals surface area contributed by atoms with Gasteiger partial charge >= 0.3 is 0 Å². The van der Waals surface area contributed by atoms with E-state index in [1.165, 1.54) is 12.1 Å². The average Bonchev–Trinajstić information content (AvgIpc) is 2.67. The quantitative estimate of drug-likeness (QED) is 0.625. The Morgan fingerprint density at radius 3 is 2.78 bits per heavy atom. The van der Waals surface area contributed by atoms with Crippen LogP contribution in [0.5, 0.6) is 0 Å². The van der Waals surface area contributed by atoms with Gasteiger partial charge in [-0.2, -0.15) is 0 Å². The highest BCUT2D eigenvalue weighted by molar-refractivity contribution is 6.00. The Balaban J connectivity index is 2.38. The fraction of sp³-hybridized carbons (Fsp3) is 0.462. The third-order valence-corrected chi connectivity index (χ3v) is 3.53. The Bertz CT molecular complexity index is 473. The maximum atomic E-state index is 13.6. The van der Waals surface area contributed by atoms with Gasteiger partial charge in [0.2, 0.25) is 0 Å². The number of rotatable bonds is 2. The largest absolute Gasteiger partial charge is 0.333 e. The van der Waals surface area contributed by atoms with E-state index in [0.29, 0.717) is 6.54 Å². The number of hydrogen-bond acceptors (Lipinski definition) is 3. The van der Waals surface area contributed by atoms with E-state index in [2.05, 4.69) is 5.43 Å². The third-order valence-electron chi connectivity index (χ3n) is 3.53. The van der Waals surface area contributed by atoms with E-state index in [1.54, 1.807) is 11.0 Å². The molecule has 1 aliphatic heterocycles. The van der Waals surface area contributed by atoms with E-state index in [4.69, 9.17) is 5.84 Å². The average molecular weight is 251 g/mol. The first-order valence-corrected chi connectivity index (χ1v) is 6.04. The van der Waals surface area contributed by atoms with Gasteiger partial charge in [0.25, 0.3) is 5.91 Å². The maximum Gasteiger partial charge on any atom is 0.256 e. The van der Waals surface area contributed by atoms with Crippen molar-refractivity contribution in [1.82, 2.24) is 4.90 Å². The standard InChI is InChI=1S/C13H18FN3O/c1-13(2)7-4-8-17(13)12(18)9-5-3-6-10(14)11(9)16-15/h3,5-6,16H,4,7-8,15H2,1-2H3. The first kappa shape index (κ1) is 12.8. The summed E-state index contributed by atoms with van der Waals surface area (Å²) in [6, 6.07) is 4.39. The molecule has 0 unspecified atom stereocenters. The molecule has 0 aliphatic carbocycles. The van der Waals surface area contributed by atoms with Gasteiger partial charge < -0.3 is 10.3 Å². The van der Waals surface area contributed by atoms with E-state index in [9.17, 15) is 9.18 Å². The SMILES string of the molecule is CC1(C)CCCN1C(=O)c1cccc(F)c1NN. The van der Waals surface area contributed by atoms with Crippen molar-refractivity contribution < 1.29 is 9.18 Å². The zero-order valence-electron chi connectivity index (χ0n) is 10.7. The molecule has 98 valence electrons. The van der Waals surface area contributed by atoms with Crippen molar-refractivity contribution in [1.29, 1.82) is 0 Å². The molecule has 0 aromatic heterocycles. The maximum absolute atomic E-state index is 13.6. The summed E-state index contributed by atoms with van der Waals surface area (Å²) in [4.78, 5) is 14.2. The highest BCUT2D eigenvalue weighted by atomic mass is 19.1. The fourth-order valence-corrected chi connectivity index (χ4v) is 2.48. The number of nitrogens with one attached hydrogen (secondary N) is 1. The lowest BCUT2D eigenvalue weighted by Crippen LogP contribution is -2.43. The number of likely N-dealkylation sites (tertiary alicyclic amines) is 1. The number of nitrogens with two attached hydrogens (primary N) is 1. The van der Waals surface area contributed by atoms with Crippen LogP contribution in [-0.4, -0.2) is 22.9 Å². The summed E-state index contributed by atoms with van der Waals surface area (Å²) in [7, 11) is 0. The van der Waals surface area contributed by atoms with Gasteiger partial charge in [-0.05, 0) is 38.8 Å². The Hall–Kier alpha value is -1.62. The van der Waals surface area contributed by atoms with Crippen LogP contribution in [0.15, 0.2) is 18.2 Å². The van der Waals surface area contributed by atoms with Crippen molar-refractivity contribution in [2.24, 2.45) is 5.84 Å². The van der Waals surface area contributed by atoms with E-state index >= 15 is 0 Å². The lowest BCUT2D eigenvalue weighted by atomic mass is 10.0. The van der Waals surface area contributed by atoms with Crippen LogP contribution in [0.4, 0.5) is 10.1 Å². The third kappa shape index (κ3) is 2.06. The van der Waals surface area contributed by atoms with Crippen LogP contribution in [0.3, 0.4) is 0 Å². The summed E-state index contributed by atoms with van der Waals surface area (Å²) in [5.41, 5.74) is 2.43. The zero-order chi connectivity index (χ0) is 13.3. The number of carbonyl (C=O) groups excluding carboxylic acids is 1. The number of nitrogen functional groups attached to an aromatic ring is 1. The van der Waals surface area contributed by atoms with Crippen molar-refractivity contribution >= 4 is 11.6 Å². The zero-order valence-corrected chi connectivity index (χ0v) is 10.7. The smallest absolute Gasteiger partial charge is 0.256 e. The molecule has 18 heavy (non-hydrogen) atoms. The molecular weight excluding hydrogens is 233 g/mol. The van der Waals surface area contributed by atoms with Gasteiger partial charge in [-0.25, -0.2) is 4.39 Å². The summed E-state index contributed by atoms with van der Waals surface area (Å²) in [5, 5.41) is 0. The molecule has 2 rings (SSSR count). The first-order valence-electron chi connectivity index (χ1n) is 6.04. The summed E-state index contributed by atoms with van der Waals surface area (Å²) < 4.78 is 13.6. The number of hydrazine groups is 1. The highest BCUT2D eigenvalue weighted by Gasteiger charge is 2.36. The van der Waals surface area contributed by atoms with Crippen LogP contribution in [0.1, 0.15) is 37.0 Å². The minimum Gasteiger partial charge on any atom is -0.333 e. The number of carbonyl (C=O) groups is 1. The molecule has 4 nitrogen and oxygen atoms in total. The molecule has 1 amide bonds. The number of hydrogen-bond donors (Lipinski definition) is 2. The minimum absolute atomic E-state index is 0.0604. The Kier molecular flexibility index (Phi) is 3.26. The van der Waals surface area contributed by atoms with Crippen LogP contribution in [0, 0.1) is 5.82 Å². The molecule has 0 atom stereocenters. The normalized spacial score (nSPS) is 17.9. The van der Waals surface area contributed by atoms with Gasteiger partial charge in [0.15, 0.2) is 0 Å². The molecule has 0 bridgehead atoms. The molecule has 0 spiro atoms. The summed E-state index contributed by atoms with van der Waals surface area (Å²) >= 11 is 0. The first-order chi connectivity index (χ1) is 8.47. The predicted molar refractivity (Wildman–Crippen MR) is 68.6 cm³/mol. The van der Waals surface area contributed by atoms with Crippen LogP contribution in [0.25, 0.3) is 0 Å². The monoisotopic (exact) mass is 251 g/mol. The van der Waals surface area contributed by atoms with Crippen LogP contribution >= 0.6 is 0 Å². The number of anilines is 1. The number of halogens is 1. The minimum atomic E-state index is -0.514. The van der Waals surface area contributed by atoms with Gasteiger partial charge in [0.05, 0.1) is 11.3 Å². The molecule has 0 saturated carbocycles. The number of amides is 1. The molecule has 1 fully saturated rings. The van der Waals surface area contributed by atoms with Crippen molar-refractivity contribution in [3.63, 3.8) is 0 Å². The summed E-state index contributed by atoms with van der Waals surface area (Å²) in [6.07, 6.45) is 1.93. The predicted octanol–water partition coefficient (Wildman–Crippen LogP) is 2.13. The van der Waals surface area contributed by atoms with Crippen molar-refractivity contribution in [3.8, 4) is 0 Å². The number of nitrogens with zero attached hydrogens (tertiary/aromatic N) is 1. The Morgan fingerprint density at radius 1 is 1.50 bits per heavy atom. The van der Waals surface area contributed by atoms with Crippen LogP contribution in [-0.2, 0) is 0 Å². The second-order valence-corrected chi connectivity index (χ2v) is 5.18. The molecule has 1 aliphatic rings. The van der Waals surface area contributed by atoms with Crippen molar-refractivity contribution in [3.05, 3.63) is 29.6 Å². The second kappa shape index (κ2) is 4.57. The van der Waals surface area contributed by atoms with Gasteiger partial charge in [-0.3, -0.25) is 10.6 Å². The van der Waals surface area contributed by atoms with E-state index < -0.39 is 5.82 Å². The van der Waals surface area contributed by atoms with Gasteiger partial charge in [0.1, 0.15) is 5.82 Å². The van der Waals surface area contributed by atoms with Gasteiger partial charge in [0, 0.05) is 12.1 Å². The lowest BCUT2D eigenvalue weighted by molar-refractivity contribution is 0.0652. The molecule has 5 heteroatoms. The Morgan fingerprint density at radius 2 is 2.22 bits per heavy atom. The topological polar surface area (TPSA) is 58.4 Å². The van der Waals surface area contributed by atoms with Crippen LogP contribution < -0.4 is 11.3 Å².